The third-order valence-electron chi connectivity index (χ3n) is 3.46. The Labute approximate surface area is 139 Å². The topological polar surface area (TPSA) is 68.4 Å². The molecule has 23 heavy (non-hydrogen) atoms. The van der Waals surface area contributed by atoms with Gasteiger partial charge >= 0.3 is 11.7 Å². The van der Waals surface area contributed by atoms with Crippen molar-refractivity contribution in [1.29, 1.82) is 0 Å². The molecule has 0 aliphatic heterocycles. The van der Waals surface area contributed by atoms with Crippen LogP contribution in [-0.2, 0) is 6.54 Å². The predicted octanol–water partition coefficient (Wildman–Crippen LogP) is 2.28. The van der Waals surface area contributed by atoms with Crippen molar-refractivity contribution in [2.24, 2.45) is 4.99 Å². The second-order valence-electron chi connectivity index (χ2n) is 5.38. The molecule has 0 atom stereocenters. The summed E-state index contributed by atoms with van der Waals surface area (Å²) in [6.07, 6.45) is 0. The molecule has 0 aliphatic carbocycles. The highest BCUT2D eigenvalue weighted by molar-refractivity contribution is 7.03. The molecule has 1 heterocycles. The number of urea groups is 1. The lowest BCUT2D eigenvalue weighted by atomic mass is 10.1. The molecular formula is C16H22N4O2S. The number of nitrogens with one attached hydrogen (secondary N) is 1. The number of aromatic nitrogens is 2. The van der Waals surface area contributed by atoms with Gasteiger partial charge in [0.2, 0.25) is 4.80 Å². The number of carbonyl (C=O) groups is 1. The largest absolute Gasteiger partial charge is 0.344 e. The second kappa shape index (κ2) is 6.95. The minimum Gasteiger partial charge on any atom is -0.336 e. The maximum Gasteiger partial charge on any atom is 0.344 e. The van der Waals surface area contributed by atoms with E-state index in [1.54, 1.807) is 3.96 Å². The van der Waals surface area contributed by atoms with Gasteiger partial charge in [-0.1, -0.05) is 17.7 Å². The lowest BCUT2D eigenvalue weighted by Gasteiger charge is -2.11. The monoisotopic (exact) mass is 334 g/mol. The van der Waals surface area contributed by atoms with Gasteiger partial charge in [-0.15, -0.1) is 0 Å². The number of aryl methyl sites for hydroxylation is 4. The Morgan fingerprint density at radius 1 is 1.22 bits per heavy atom. The van der Waals surface area contributed by atoms with Crippen molar-refractivity contribution in [1.82, 2.24) is 13.8 Å². The van der Waals surface area contributed by atoms with Gasteiger partial charge in [0.1, 0.15) is 0 Å². The molecule has 2 aromatic rings. The van der Waals surface area contributed by atoms with E-state index in [2.05, 4.69) is 10.3 Å². The molecule has 2 amide bonds. The Bertz CT molecular complexity index is 835. The average molecular weight is 334 g/mol. The van der Waals surface area contributed by atoms with Crippen molar-refractivity contribution in [3.8, 4) is 5.69 Å². The maximum atomic E-state index is 12.7. The molecule has 1 aromatic heterocycles. The van der Waals surface area contributed by atoms with Crippen LogP contribution in [0.2, 0.25) is 0 Å². The minimum absolute atomic E-state index is 0.171. The van der Waals surface area contributed by atoms with Crippen LogP contribution in [0, 0.1) is 20.8 Å². The third-order valence-corrected chi connectivity index (χ3v) is 4.53. The lowest BCUT2D eigenvalue weighted by molar-refractivity contribution is 0.249. The summed E-state index contributed by atoms with van der Waals surface area (Å²) in [5.41, 5.74) is 3.73. The molecule has 0 spiro atoms. The van der Waals surface area contributed by atoms with E-state index >= 15 is 0 Å². The smallest absolute Gasteiger partial charge is 0.336 e. The van der Waals surface area contributed by atoms with E-state index in [1.807, 2.05) is 46.8 Å². The molecule has 1 N–H and O–H groups in total. The van der Waals surface area contributed by atoms with E-state index in [0.29, 0.717) is 17.9 Å². The predicted molar refractivity (Wildman–Crippen MR) is 92.4 cm³/mol. The number of amides is 2. The van der Waals surface area contributed by atoms with Crippen LogP contribution in [0.3, 0.4) is 0 Å². The van der Waals surface area contributed by atoms with Crippen molar-refractivity contribution in [2.75, 3.05) is 6.54 Å². The standard InChI is InChI=1S/C16H22N4O2S/c1-6-17-14(21)18-15-20(16(22)19(7-2)23-15)13-11(4)8-10(3)9-12(13)5/h8-9H,6-7H2,1-5H3,(H,17,21)/b18-15-. The fourth-order valence-electron chi connectivity index (χ4n) is 2.64. The first-order valence-electron chi connectivity index (χ1n) is 7.63. The van der Waals surface area contributed by atoms with Crippen molar-refractivity contribution >= 4 is 17.6 Å². The highest BCUT2D eigenvalue weighted by atomic mass is 32.1. The first-order valence-corrected chi connectivity index (χ1v) is 8.40. The number of nitrogens with zero attached hydrogens (tertiary/aromatic N) is 3. The van der Waals surface area contributed by atoms with Crippen molar-refractivity contribution in [3.05, 3.63) is 44.1 Å². The molecule has 124 valence electrons. The summed E-state index contributed by atoms with van der Waals surface area (Å²) in [4.78, 5) is 29.0. The Balaban J connectivity index is 2.79. The number of hydrogen-bond acceptors (Lipinski definition) is 3. The molecule has 0 unspecified atom stereocenters. The van der Waals surface area contributed by atoms with Crippen molar-refractivity contribution in [3.63, 3.8) is 0 Å². The number of hydrogen-bond donors (Lipinski definition) is 1. The molecule has 0 saturated carbocycles. The summed E-state index contributed by atoms with van der Waals surface area (Å²) < 4.78 is 3.13. The summed E-state index contributed by atoms with van der Waals surface area (Å²) in [7, 11) is 0. The zero-order valence-corrected chi connectivity index (χ0v) is 15.0. The molecule has 1 aromatic carbocycles. The van der Waals surface area contributed by atoms with Crippen LogP contribution in [0.25, 0.3) is 5.69 Å². The van der Waals surface area contributed by atoms with Crippen LogP contribution in [0.4, 0.5) is 4.79 Å². The van der Waals surface area contributed by atoms with Crippen LogP contribution in [-0.4, -0.2) is 21.1 Å². The molecule has 0 radical (unpaired) electrons. The summed E-state index contributed by atoms with van der Waals surface area (Å²) >= 11 is 1.20. The normalized spacial score (nSPS) is 11.8. The van der Waals surface area contributed by atoms with Crippen molar-refractivity contribution in [2.45, 2.75) is 41.2 Å². The molecule has 7 heteroatoms. The summed E-state index contributed by atoms with van der Waals surface area (Å²) in [5, 5.41) is 2.63. The van der Waals surface area contributed by atoms with Crippen LogP contribution >= 0.6 is 11.5 Å². The Morgan fingerprint density at radius 3 is 2.35 bits per heavy atom. The summed E-state index contributed by atoms with van der Waals surface area (Å²) in [6.45, 7) is 10.7. The van der Waals surface area contributed by atoms with Gasteiger partial charge in [-0.25, -0.2) is 18.1 Å². The molecular weight excluding hydrogens is 312 g/mol. The number of benzene rings is 1. The van der Waals surface area contributed by atoms with E-state index in [0.717, 1.165) is 22.4 Å². The second-order valence-corrected chi connectivity index (χ2v) is 6.37. The van der Waals surface area contributed by atoms with Gasteiger partial charge in [0, 0.05) is 13.1 Å². The summed E-state index contributed by atoms with van der Waals surface area (Å²) in [6, 6.07) is 3.62. The van der Waals surface area contributed by atoms with Crippen molar-refractivity contribution < 1.29 is 4.79 Å². The first-order chi connectivity index (χ1) is 10.9. The zero-order valence-electron chi connectivity index (χ0n) is 14.1. The van der Waals surface area contributed by atoms with Gasteiger partial charge in [0.25, 0.3) is 0 Å². The van der Waals surface area contributed by atoms with Gasteiger partial charge < -0.3 is 5.32 Å². The van der Waals surface area contributed by atoms with Crippen LogP contribution in [0.1, 0.15) is 30.5 Å². The molecule has 2 rings (SSSR count). The molecule has 6 nitrogen and oxygen atoms in total. The Hall–Kier alpha value is -2.15. The van der Waals surface area contributed by atoms with Crippen LogP contribution < -0.4 is 15.8 Å². The third kappa shape index (κ3) is 3.44. The highest BCUT2D eigenvalue weighted by Gasteiger charge is 2.15. The van der Waals surface area contributed by atoms with Gasteiger partial charge in [-0.2, -0.15) is 4.99 Å². The van der Waals surface area contributed by atoms with Gasteiger partial charge in [-0.3, -0.25) is 0 Å². The average Bonchev–Trinajstić information content (AvgIpc) is 2.75. The first kappa shape index (κ1) is 17.2. The van der Waals surface area contributed by atoms with E-state index < -0.39 is 6.03 Å². The number of rotatable bonds is 3. The molecule has 0 bridgehead atoms. The number of carbonyl (C=O) groups excluding carboxylic acids is 1. The van der Waals surface area contributed by atoms with E-state index in [4.69, 9.17) is 0 Å². The van der Waals surface area contributed by atoms with E-state index in [-0.39, 0.29) is 5.69 Å². The molecule has 0 fully saturated rings. The van der Waals surface area contributed by atoms with Gasteiger partial charge in [0.15, 0.2) is 0 Å². The fourth-order valence-corrected chi connectivity index (χ4v) is 3.50. The molecule has 0 aliphatic rings. The quantitative estimate of drug-likeness (QED) is 0.935. The van der Waals surface area contributed by atoms with Gasteiger partial charge in [0.05, 0.1) is 5.69 Å². The van der Waals surface area contributed by atoms with E-state index in [9.17, 15) is 9.59 Å². The molecule has 0 saturated heterocycles. The highest BCUT2D eigenvalue weighted by Crippen LogP contribution is 2.18. The van der Waals surface area contributed by atoms with Crippen LogP contribution in [0.5, 0.6) is 0 Å². The maximum absolute atomic E-state index is 12.7. The Kier molecular flexibility index (Phi) is 5.20. The van der Waals surface area contributed by atoms with Gasteiger partial charge in [-0.05, 0) is 57.3 Å². The SMILES string of the molecule is CCNC(=O)/N=c1\sn(CC)c(=O)n1-c1c(C)cc(C)cc1C. The van der Waals surface area contributed by atoms with E-state index in [1.165, 1.54) is 16.1 Å². The zero-order chi connectivity index (χ0) is 17.1. The van der Waals surface area contributed by atoms with Crippen LogP contribution in [0.15, 0.2) is 21.9 Å². The fraction of sp³-hybridized carbons (Fsp3) is 0.438. The lowest BCUT2D eigenvalue weighted by Crippen LogP contribution is -2.31. The Morgan fingerprint density at radius 2 is 1.83 bits per heavy atom. The minimum atomic E-state index is -0.437. The summed E-state index contributed by atoms with van der Waals surface area (Å²) in [5.74, 6) is 0.